The Balaban J connectivity index is 2.66. The lowest BCUT2D eigenvalue weighted by molar-refractivity contribution is -0.216. The summed E-state index contributed by atoms with van der Waals surface area (Å²) in [7, 11) is -2.42. The monoisotopic (exact) mass is 683 g/mol. The lowest BCUT2D eigenvalue weighted by Gasteiger charge is -2.57. The zero-order valence-corrected chi connectivity index (χ0v) is 35.3. The summed E-state index contributed by atoms with van der Waals surface area (Å²) in [6.45, 7) is 43.3. The summed E-state index contributed by atoms with van der Waals surface area (Å²) in [6, 6.07) is 0. The summed E-state index contributed by atoms with van der Waals surface area (Å²) < 4.78 is 32.8. The second-order valence-corrected chi connectivity index (χ2v) is 29.0. The van der Waals surface area contributed by atoms with Crippen molar-refractivity contribution in [2.24, 2.45) is 16.7 Å². The molecule has 0 aromatic rings. The molecular weight excluding hydrogens is 609 g/mol. The van der Waals surface area contributed by atoms with Gasteiger partial charge in [0, 0.05) is 30.5 Å². The van der Waals surface area contributed by atoms with E-state index in [-0.39, 0.29) is 40.6 Å². The van der Waals surface area contributed by atoms with E-state index in [1.807, 2.05) is 0 Å². The first-order valence-corrected chi connectivity index (χ1v) is 23.5. The molecule has 0 bridgehead atoms. The molecule has 2 aliphatic rings. The van der Waals surface area contributed by atoms with Crippen molar-refractivity contribution in [1.82, 2.24) is 0 Å². The normalized spacial score (nSPS) is 30.7. The van der Waals surface area contributed by atoms with E-state index >= 15 is 0 Å². The summed E-state index contributed by atoms with van der Waals surface area (Å²) in [4.78, 5) is 0. The first-order valence-electron chi connectivity index (χ1n) is 17.6. The molecule has 0 heterocycles. The van der Waals surface area contributed by atoms with Crippen LogP contribution in [0.2, 0.25) is 36.3 Å². The summed E-state index contributed by atoms with van der Waals surface area (Å²) in [5.41, 5.74) is -0.433. The molecule has 0 unspecified atom stereocenters. The molecule has 0 spiro atoms. The quantitative estimate of drug-likeness (QED) is 0.126. The van der Waals surface area contributed by atoms with Gasteiger partial charge in [-0.15, -0.1) is 0 Å². The summed E-state index contributed by atoms with van der Waals surface area (Å²) in [5.74, 6) is 0.0469. The van der Waals surface area contributed by atoms with Crippen LogP contribution in [0.15, 0.2) is 23.8 Å². The third kappa shape index (κ3) is 9.06. The van der Waals surface area contributed by atoms with Gasteiger partial charge in [0.25, 0.3) is 0 Å². The standard InChI is InChI=1S/C38H74O6Si2/c1-27-20-21-31(43-33(3,4)5)37(14,30(27)25-42-45(16,17)34(6,7)8)24-32(41-26-40-15)38(39)28(2)22-29(23-36(38,12)13)44-46(18,19)35(9,10)11/h22,29-32,39H,1,20-21,23-26H2,2-19H3/t29-,30+,31+,32+,37+,38+/m1/s1. The van der Waals surface area contributed by atoms with Gasteiger partial charge < -0.3 is 28.2 Å². The fourth-order valence-corrected chi connectivity index (χ4v) is 9.35. The van der Waals surface area contributed by atoms with E-state index in [0.29, 0.717) is 19.4 Å². The Hall–Kier alpha value is -0.326. The molecule has 0 aliphatic heterocycles. The maximum atomic E-state index is 13.0. The zero-order valence-electron chi connectivity index (χ0n) is 33.3. The highest BCUT2D eigenvalue weighted by atomic mass is 28.4. The molecule has 0 aromatic carbocycles. The molecule has 8 heteroatoms. The van der Waals surface area contributed by atoms with E-state index in [1.165, 1.54) is 5.57 Å². The molecule has 2 aliphatic carbocycles. The second-order valence-electron chi connectivity index (χ2n) is 19.4. The third-order valence-electron chi connectivity index (χ3n) is 12.2. The van der Waals surface area contributed by atoms with Crippen molar-refractivity contribution in [1.29, 1.82) is 0 Å². The van der Waals surface area contributed by atoms with E-state index in [0.717, 1.165) is 18.4 Å². The number of methoxy groups -OCH3 is 1. The third-order valence-corrected chi connectivity index (χ3v) is 21.2. The van der Waals surface area contributed by atoms with E-state index in [1.54, 1.807) is 7.11 Å². The van der Waals surface area contributed by atoms with Crippen molar-refractivity contribution in [3.63, 3.8) is 0 Å². The van der Waals surface area contributed by atoms with Crippen molar-refractivity contribution in [2.45, 2.75) is 181 Å². The number of aliphatic hydroxyl groups is 1. The predicted molar refractivity (Wildman–Crippen MR) is 198 cm³/mol. The highest BCUT2D eigenvalue weighted by molar-refractivity contribution is 6.74. The van der Waals surface area contributed by atoms with Gasteiger partial charge in [0.05, 0.1) is 23.9 Å². The highest BCUT2D eigenvalue weighted by Crippen LogP contribution is 2.56. The van der Waals surface area contributed by atoms with Gasteiger partial charge in [-0.25, -0.2) is 0 Å². The van der Waals surface area contributed by atoms with Crippen molar-refractivity contribution in [3.8, 4) is 0 Å². The molecule has 2 rings (SSSR count). The van der Waals surface area contributed by atoms with Crippen molar-refractivity contribution in [3.05, 3.63) is 23.8 Å². The minimum absolute atomic E-state index is 0.0469. The minimum Gasteiger partial charge on any atom is -0.416 e. The molecule has 270 valence electrons. The SMILES string of the molecule is C=C1CC[C@H](OC(C)(C)C)[C@@](C)(C[C@H](OCOC)[C@@]2(O)C(C)=C[C@@H](O[Si](C)(C)C(C)(C)C)CC2(C)C)[C@H]1CO[Si](C)(C)C(C)(C)C. The highest BCUT2D eigenvalue weighted by Gasteiger charge is 2.59. The Morgan fingerprint density at radius 1 is 0.957 bits per heavy atom. The Morgan fingerprint density at radius 2 is 1.50 bits per heavy atom. The van der Waals surface area contributed by atoms with Gasteiger partial charge in [0.2, 0.25) is 0 Å². The number of hydrogen-bond acceptors (Lipinski definition) is 6. The lowest BCUT2D eigenvalue weighted by atomic mass is 9.56. The smallest absolute Gasteiger partial charge is 0.192 e. The average molecular weight is 683 g/mol. The predicted octanol–water partition coefficient (Wildman–Crippen LogP) is 10.0. The van der Waals surface area contributed by atoms with Crippen molar-refractivity contribution >= 4 is 16.6 Å². The van der Waals surface area contributed by atoms with Crippen LogP contribution in [0.5, 0.6) is 0 Å². The van der Waals surface area contributed by atoms with Crippen LogP contribution in [0.4, 0.5) is 0 Å². The number of rotatable bonds is 12. The van der Waals surface area contributed by atoms with Gasteiger partial charge in [0.15, 0.2) is 16.6 Å². The van der Waals surface area contributed by atoms with E-state index < -0.39 is 39.2 Å². The van der Waals surface area contributed by atoms with Gasteiger partial charge in [-0.2, -0.15) is 0 Å². The van der Waals surface area contributed by atoms with E-state index in [2.05, 4.69) is 129 Å². The lowest BCUT2D eigenvalue weighted by Crippen LogP contribution is -2.62. The van der Waals surface area contributed by atoms with Gasteiger partial charge in [-0.05, 0) is 95.2 Å². The molecule has 1 N–H and O–H groups in total. The first-order chi connectivity index (χ1) is 20.5. The van der Waals surface area contributed by atoms with Crippen LogP contribution in [0.3, 0.4) is 0 Å². The molecule has 6 nitrogen and oxygen atoms in total. The van der Waals surface area contributed by atoms with Gasteiger partial charge in [0.1, 0.15) is 12.4 Å². The fraction of sp³-hybridized carbons (Fsp3) is 0.895. The number of ether oxygens (including phenoxy) is 3. The van der Waals surface area contributed by atoms with Crippen LogP contribution < -0.4 is 0 Å². The molecule has 1 fully saturated rings. The fourth-order valence-electron chi connectivity index (χ4n) is 7.08. The molecule has 0 amide bonds. The number of hydrogen-bond donors (Lipinski definition) is 1. The topological polar surface area (TPSA) is 66.4 Å². The Kier molecular flexibility index (Phi) is 12.8. The van der Waals surface area contributed by atoms with Crippen LogP contribution in [0.1, 0.15) is 116 Å². The molecule has 1 saturated carbocycles. The second kappa shape index (κ2) is 14.1. The van der Waals surface area contributed by atoms with Crippen LogP contribution in [0.25, 0.3) is 0 Å². The maximum absolute atomic E-state index is 13.0. The first kappa shape index (κ1) is 41.8. The van der Waals surface area contributed by atoms with E-state index in [9.17, 15) is 5.11 Å². The van der Waals surface area contributed by atoms with Gasteiger partial charge in [-0.3, -0.25) is 0 Å². The average Bonchev–Trinajstić information content (AvgIpc) is 2.84. The molecule has 46 heavy (non-hydrogen) atoms. The maximum Gasteiger partial charge on any atom is 0.192 e. The van der Waals surface area contributed by atoms with Crippen LogP contribution in [0, 0.1) is 16.7 Å². The molecule has 0 aromatic heterocycles. The molecule has 6 atom stereocenters. The van der Waals surface area contributed by atoms with Crippen LogP contribution in [-0.2, 0) is 23.1 Å². The van der Waals surface area contributed by atoms with Gasteiger partial charge >= 0.3 is 0 Å². The Morgan fingerprint density at radius 3 is 1.96 bits per heavy atom. The largest absolute Gasteiger partial charge is 0.416 e. The summed E-state index contributed by atoms with van der Waals surface area (Å²) in [5, 5.41) is 13.2. The summed E-state index contributed by atoms with van der Waals surface area (Å²) >= 11 is 0. The Labute approximate surface area is 286 Å². The van der Waals surface area contributed by atoms with Gasteiger partial charge in [-0.1, -0.05) is 80.5 Å². The minimum atomic E-state index is -2.04. The van der Waals surface area contributed by atoms with E-state index in [4.69, 9.17) is 23.1 Å². The molecule has 0 radical (unpaired) electrons. The van der Waals surface area contributed by atoms with Crippen molar-refractivity contribution in [2.75, 3.05) is 20.5 Å². The van der Waals surface area contributed by atoms with Crippen molar-refractivity contribution < 1.29 is 28.2 Å². The molecule has 0 saturated heterocycles. The van der Waals surface area contributed by atoms with Crippen LogP contribution >= 0.6 is 0 Å². The Bertz CT molecular complexity index is 1080. The molecular formula is C38H74O6Si2. The zero-order chi connectivity index (χ0) is 35.9. The van der Waals surface area contributed by atoms with Crippen LogP contribution in [-0.4, -0.2) is 71.8 Å². The summed E-state index contributed by atoms with van der Waals surface area (Å²) in [6.07, 6.45) is 4.53.